The summed E-state index contributed by atoms with van der Waals surface area (Å²) in [6, 6.07) is 20.4. The second-order valence-corrected chi connectivity index (χ2v) is 6.73. The Balaban J connectivity index is 1.35. The average molecular weight is 358 g/mol. The molecule has 0 aliphatic heterocycles. The molecule has 0 radical (unpaired) electrons. The van der Waals surface area contributed by atoms with Gasteiger partial charge < -0.3 is 9.88 Å². The fourth-order valence-electron chi connectivity index (χ4n) is 3.30. The van der Waals surface area contributed by atoms with Crippen LogP contribution in [-0.4, -0.2) is 20.3 Å². The molecule has 5 heteroatoms. The number of para-hydroxylation sites is 1. The molecule has 1 N–H and O–H groups in total. The molecular formula is C22H22N4O. The Hall–Kier alpha value is -3.34. The maximum absolute atomic E-state index is 12.4. The van der Waals surface area contributed by atoms with E-state index in [1.165, 1.54) is 5.56 Å². The van der Waals surface area contributed by atoms with Crippen molar-refractivity contribution in [2.45, 2.75) is 26.6 Å². The van der Waals surface area contributed by atoms with E-state index in [2.05, 4.69) is 51.4 Å². The number of nitrogens with zero attached hydrogens (tertiary/aromatic N) is 3. The van der Waals surface area contributed by atoms with Crippen LogP contribution in [0.3, 0.4) is 0 Å². The molecule has 0 spiro atoms. The normalized spacial score (nSPS) is 11.0. The summed E-state index contributed by atoms with van der Waals surface area (Å²) in [5, 5.41) is 8.39. The van der Waals surface area contributed by atoms with E-state index >= 15 is 0 Å². The Morgan fingerprint density at radius 3 is 2.59 bits per heavy atom. The molecule has 136 valence electrons. The van der Waals surface area contributed by atoms with Crippen molar-refractivity contribution in [2.75, 3.05) is 0 Å². The maximum atomic E-state index is 12.4. The van der Waals surface area contributed by atoms with E-state index < -0.39 is 0 Å². The van der Waals surface area contributed by atoms with Gasteiger partial charge in [0.25, 0.3) is 0 Å². The summed E-state index contributed by atoms with van der Waals surface area (Å²) in [5.74, 6) is 0.0140. The van der Waals surface area contributed by atoms with Gasteiger partial charge in [-0.15, -0.1) is 0 Å². The van der Waals surface area contributed by atoms with E-state index in [9.17, 15) is 4.79 Å². The van der Waals surface area contributed by atoms with Gasteiger partial charge in [-0.1, -0.05) is 42.5 Å². The van der Waals surface area contributed by atoms with E-state index in [4.69, 9.17) is 0 Å². The first-order valence-electron chi connectivity index (χ1n) is 9.06. The highest BCUT2D eigenvalue weighted by Gasteiger charge is 2.09. The van der Waals surface area contributed by atoms with Crippen LogP contribution in [0.15, 0.2) is 73.1 Å². The summed E-state index contributed by atoms with van der Waals surface area (Å²) < 4.78 is 3.94. The third-order valence-corrected chi connectivity index (χ3v) is 4.74. The fraction of sp³-hybridized carbons (Fsp3) is 0.182. The van der Waals surface area contributed by atoms with E-state index in [-0.39, 0.29) is 5.91 Å². The molecule has 0 fully saturated rings. The zero-order chi connectivity index (χ0) is 18.6. The molecule has 4 rings (SSSR count). The molecule has 0 saturated carbocycles. The molecule has 2 aromatic heterocycles. The first-order chi connectivity index (χ1) is 13.2. The lowest BCUT2D eigenvalue weighted by atomic mass is 10.1. The number of carbonyl (C=O) groups is 1. The minimum absolute atomic E-state index is 0.0140. The number of amides is 1. The SMILES string of the molecule is Cc1cc2ccccc2n1CC(=O)NCc1ccc(Cn2cccn2)cc1. The van der Waals surface area contributed by atoms with E-state index in [1.54, 1.807) is 6.20 Å². The predicted octanol–water partition coefficient (Wildman–Crippen LogP) is 3.51. The van der Waals surface area contributed by atoms with Crippen LogP contribution in [0.1, 0.15) is 16.8 Å². The van der Waals surface area contributed by atoms with Crippen LogP contribution < -0.4 is 5.32 Å². The van der Waals surface area contributed by atoms with Gasteiger partial charge in [-0.05, 0) is 41.6 Å². The third kappa shape index (κ3) is 3.92. The average Bonchev–Trinajstić information content (AvgIpc) is 3.29. The first kappa shape index (κ1) is 17.1. The standard InChI is InChI=1S/C22H22N4O/c1-17-13-20-5-2-3-6-21(20)26(17)16-22(27)23-14-18-7-9-19(10-8-18)15-25-12-4-11-24-25/h2-13H,14-16H2,1H3,(H,23,27). The van der Waals surface area contributed by atoms with Crippen molar-refractivity contribution in [3.63, 3.8) is 0 Å². The minimum Gasteiger partial charge on any atom is -0.350 e. The molecule has 5 nitrogen and oxygen atoms in total. The Bertz CT molecular complexity index is 1050. The number of aryl methyl sites for hydroxylation is 1. The van der Waals surface area contributed by atoms with Crippen molar-refractivity contribution >= 4 is 16.8 Å². The van der Waals surface area contributed by atoms with Gasteiger partial charge in [-0.3, -0.25) is 9.48 Å². The summed E-state index contributed by atoms with van der Waals surface area (Å²) in [6.45, 7) is 3.64. The number of fused-ring (bicyclic) bond motifs is 1. The summed E-state index contributed by atoms with van der Waals surface area (Å²) in [7, 11) is 0. The van der Waals surface area contributed by atoms with Crippen molar-refractivity contribution < 1.29 is 4.79 Å². The number of aromatic nitrogens is 3. The summed E-state index contributed by atoms with van der Waals surface area (Å²) >= 11 is 0. The molecule has 0 bridgehead atoms. The lowest BCUT2D eigenvalue weighted by molar-refractivity contribution is -0.121. The zero-order valence-corrected chi connectivity index (χ0v) is 15.3. The molecule has 0 unspecified atom stereocenters. The second-order valence-electron chi connectivity index (χ2n) is 6.73. The van der Waals surface area contributed by atoms with Crippen molar-refractivity contribution in [1.29, 1.82) is 0 Å². The van der Waals surface area contributed by atoms with Crippen LogP contribution >= 0.6 is 0 Å². The summed E-state index contributed by atoms with van der Waals surface area (Å²) in [4.78, 5) is 12.4. The number of nitrogens with one attached hydrogen (secondary N) is 1. The van der Waals surface area contributed by atoms with Crippen molar-refractivity contribution in [1.82, 2.24) is 19.7 Å². The molecule has 27 heavy (non-hydrogen) atoms. The number of carbonyl (C=O) groups excluding carboxylic acids is 1. The Morgan fingerprint density at radius 1 is 1.04 bits per heavy atom. The molecular weight excluding hydrogens is 336 g/mol. The molecule has 0 atom stereocenters. The topological polar surface area (TPSA) is 51.9 Å². The van der Waals surface area contributed by atoms with Gasteiger partial charge in [0.05, 0.1) is 6.54 Å². The van der Waals surface area contributed by atoms with Crippen LogP contribution in [0.2, 0.25) is 0 Å². The first-order valence-corrected chi connectivity index (χ1v) is 9.06. The largest absolute Gasteiger partial charge is 0.350 e. The number of hydrogen-bond acceptors (Lipinski definition) is 2. The van der Waals surface area contributed by atoms with E-state index in [1.807, 2.05) is 42.1 Å². The summed E-state index contributed by atoms with van der Waals surface area (Å²) in [6.07, 6.45) is 3.72. The Labute approximate surface area is 158 Å². The van der Waals surface area contributed by atoms with Gasteiger partial charge in [0, 0.05) is 30.1 Å². The predicted molar refractivity (Wildman–Crippen MR) is 106 cm³/mol. The highest BCUT2D eigenvalue weighted by atomic mass is 16.1. The van der Waals surface area contributed by atoms with Gasteiger partial charge in [0.2, 0.25) is 5.91 Å². The van der Waals surface area contributed by atoms with Crippen LogP contribution in [-0.2, 0) is 24.4 Å². The Kier molecular flexibility index (Phi) is 4.75. The number of benzene rings is 2. The Morgan fingerprint density at radius 2 is 1.81 bits per heavy atom. The highest BCUT2D eigenvalue weighted by molar-refractivity contribution is 5.84. The van der Waals surface area contributed by atoms with Gasteiger partial charge in [0.15, 0.2) is 0 Å². The van der Waals surface area contributed by atoms with Crippen molar-refractivity contribution in [3.8, 4) is 0 Å². The van der Waals surface area contributed by atoms with Crippen LogP contribution in [0.4, 0.5) is 0 Å². The van der Waals surface area contributed by atoms with Gasteiger partial charge in [-0.25, -0.2) is 0 Å². The van der Waals surface area contributed by atoms with E-state index in [0.29, 0.717) is 13.1 Å². The number of rotatable bonds is 6. The van der Waals surface area contributed by atoms with Crippen LogP contribution in [0.25, 0.3) is 10.9 Å². The molecule has 1 amide bonds. The highest BCUT2D eigenvalue weighted by Crippen LogP contribution is 2.18. The lowest BCUT2D eigenvalue weighted by Gasteiger charge is -2.10. The minimum atomic E-state index is 0.0140. The molecule has 4 aromatic rings. The molecule has 0 aliphatic carbocycles. The zero-order valence-electron chi connectivity index (χ0n) is 15.3. The molecule has 2 heterocycles. The number of hydrogen-bond donors (Lipinski definition) is 1. The van der Waals surface area contributed by atoms with Crippen LogP contribution in [0, 0.1) is 6.92 Å². The molecule has 2 aromatic carbocycles. The third-order valence-electron chi connectivity index (χ3n) is 4.74. The maximum Gasteiger partial charge on any atom is 0.240 e. The van der Waals surface area contributed by atoms with Crippen LogP contribution in [0.5, 0.6) is 0 Å². The molecule has 0 saturated heterocycles. The fourth-order valence-corrected chi connectivity index (χ4v) is 3.30. The second kappa shape index (κ2) is 7.50. The molecule has 0 aliphatic rings. The smallest absolute Gasteiger partial charge is 0.240 e. The summed E-state index contributed by atoms with van der Waals surface area (Å²) in [5.41, 5.74) is 4.45. The van der Waals surface area contributed by atoms with Gasteiger partial charge in [0.1, 0.15) is 6.54 Å². The van der Waals surface area contributed by atoms with Crippen molar-refractivity contribution in [2.24, 2.45) is 0 Å². The van der Waals surface area contributed by atoms with E-state index in [0.717, 1.165) is 28.7 Å². The quantitative estimate of drug-likeness (QED) is 0.573. The van der Waals surface area contributed by atoms with Gasteiger partial charge in [-0.2, -0.15) is 5.10 Å². The van der Waals surface area contributed by atoms with Crippen molar-refractivity contribution in [3.05, 3.63) is 89.9 Å². The van der Waals surface area contributed by atoms with Gasteiger partial charge >= 0.3 is 0 Å². The monoisotopic (exact) mass is 358 g/mol. The lowest BCUT2D eigenvalue weighted by Crippen LogP contribution is -2.27.